The van der Waals surface area contributed by atoms with E-state index in [-0.39, 0.29) is 5.91 Å². The molecule has 1 aromatic carbocycles. The van der Waals surface area contributed by atoms with Gasteiger partial charge in [0.15, 0.2) is 0 Å². The fourth-order valence-corrected chi connectivity index (χ4v) is 3.12. The minimum absolute atomic E-state index is 0.000327. The van der Waals surface area contributed by atoms with Crippen LogP contribution in [0.25, 0.3) is 10.9 Å². The lowest BCUT2D eigenvalue weighted by molar-refractivity contribution is 0.0809. The Morgan fingerprint density at radius 2 is 2.20 bits per heavy atom. The maximum absolute atomic E-state index is 12.6. The molecule has 4 nitrogen and oxygen atoms in total. The molecule has 5 heteroatoms. The summed E-state index contributed by atoms with van der Waals surface area (Å²) in [4.78, 5) is 14.3. The molecule has 0 saturated carbocycles. The Hall–Kier alpha value is -1.34. The van der Waals surface area contributed by atoms with Crippen LogP contribution in [-0.2, 0) is 11.5 Å². The molecule has 0 aliphatic rings. The van der Waals surface area contributed by atoms with Crippen LogP contribution in [0.1, 0.15) is 10.4 Å². The minimum Gasteiger partial charge on any atom is -0.364 e. The molecule has 0 bridgehead atoms. The van der Waals surface area contributed by atoms with E-state index in [9.17, 15) is 4.79 Å². The Morgan fingerprint density at radius 3 is 2.85 bits per heavy atom. The van der Waals surface area contributed by atoms with E-state index in [1.54, 1.807) is 25.1 Å². The number of likely N-dealkylation sites (N-methyl/N-ethyl adjacent to an activating group) is 1. The molecule has 0 aliphatic carbocycles. The predicted octanol–water partition coefficient (Wildman–Crippen LogP) is 3.11. The number of aromatic nitrogens is 1. The highest BCUT2D eigenvalue weighted by molar-refractivity contribution is 14.1. The highest BCUT2D eigenvalue weighted by Gasteiger charge is 2.22. The van der Waals surface area contributed by atoms with Crippen LogP contribution >= 0.6 is 22.6 Å². The van der Waals surface area contributed by atoms with Gasteiger partial charge in [-0.2, -0.15) is 0 Å². The Bertz CT molecular complexity index is 649. The third-order valence-electron chi connectivity index (χ3n) is 3.13. The van der Waals surface area contributed by atoms with E-state index in [1.807, 2.05) is 28.8 Å². The van der Waals surface area contributed by atoms with Crippen molar-refractivity contribution in [1.82, 2.24) is 9.47 Å². The third-order valence-corrected chi connectivity index (χ3v) is 4.25. The second-order valence-electron chi connectivity index (χ2n) is 4.50. The summed E-state index contributed by atoms with van der Waals surface area (Å²) in [5.74, 6) is 0.000327. The zero-order valence-electron chi connectivity index (χ0n) is 11.6. The summed E-state index contributed by atoms with van der Waals surface area (Å²) in [6.07, 6.45) is 1.72. The van der Waals surface area contributed by atoms with Crippen molar-refractivity contribution in [2.75, 3.05) is 20.7 Å². The number of amides is 1. The van der Waals surface area contributed by atoms with Gasteiger partial charge in [-0.1, -0.05) is 24.3 Å². The lowest BCUT2D eigenvalue weighted by Crippen LogP contribution is -2.27. The molecule has 0 atom stereocenters. The molecule has 1 amide bonds. The molecule has 0 unspecified atom stereocenters. The maximum Gasteiger partial charge on any atom is 0.257 e. The monoisotopic (exact) mass is 384 g/mol. The molecule has 0 radical (unpaired) electrons. The summed E-state index contributed by atoms with van der Waals surface area (Å²) in [7, 11) is 3.43. The molecule has 0 N–H and O–H groups in total. The Labute approximate surface area is 132 Å². The highest BCUT2D eigenvalue weighted by atomic mass is 127. The number of rotatable bonds is 5. The molecule has 0 spiro atoms. The van der Waals surface area contributed by atoms with E-state index in [2.05, 4.69) is 29.2 Å². The van der Waals surface area contributed by atoms with Crippen LogP contribution in [0.5, 0.6) is 0 Å². The van der Waals surface area contributed by atoms with Crippen molar-refractivity contribution >= 4 is 39.4 Å². The van der Waals surface area contributed by atoms with Crippen LogP contribution in [-0.4, -0.2) is 36.1 Å². The fraction of sp³-hybridized carbons (Fsp3) is 0.267. The second-order valence-corrected chi connectivity index (χ2v) is 5.52. The normalized spacial score (nSPS) is 10.8. The van der Waals surface area contributed by atoms with Crippen molar-refractivity contribution in [2.45, 2.75) is 6.73 Å². The first kappa shape index (κ1) is 15.1. The molecule has 1 heterocycles. The van der Waals surface area contributed by atoms with Crippen LogP contribution in [0.15, 0.2) is 36.9 Å². The molecular weight excluding hydrogens is 367 g/mol. The van der Waals surface area contributed by atoms with Gasteiger partial charge in [0, 0.05) is 26.1 Å². The Balaban J connectivity index is 2.60. The number of hydrogen-bond donors (Lipinski definition) is 0. The average Bonchev–Trinajstić information content (AvgIpc) is 2.72. The van der Waals surface area contributed by atoms with Gasteiger partial charge in [0.1, 0.15) is 6.73 Å². The number of nitrogens with zero attached hydrogens (tertiary/aromatic N) is 2. The fourth-order valence-electron chi connectivity index (χ4n) is 2.20. The number of para-hydroxylation sites is 1. The van der Waals surface area contributed by atoms with Gasteiger partial charge >= 0.3 is 0 Å². The van der Waals surface area contributed by atoms with Crippen LogP contribution in [0.3, 0.4) is 0 Å². The van der Waals surface area contributed by atoms with Gasteiger partial charge < -0.3 is 14.2 Å². The van der Waals surface area contributed by atoms with Crippen molar-refractivity contribution in [1.29, 1.82) is 0 Å². The number of methoxy groups -OCH3 is 1. The standard InChI is InChI=1S/C15H17IN2O2/c1-4-9-17(2)15(19)13-11-7-5-6-8-12(11)18(10-20-3)14(13)16/h4-8H,1,9-10H2,2-3H3. The Morgan fingerprint density at radius 1 is 1.50 bits per heavy atom. The first-order valence-electron chi connectivity index (χ1n) is 6.23. The van der Waals surface area contributed by atoms with Crippen molar-refractivity contribution in [3.8, 4) is 0 Å². The first-order chi connectivity index (χ1) is 9.61. The largest absolute Gasteiger partial charge is 0.364 e. The number of carbonyl (C=O) groups excluding carboxylic acids is 1. The molecule has 106 valence electrons. The molecule has 1 aromatic heterocycles. The van der Waals surface area contributed by atoms with E-state index in [0.717, 1.165) is 20.2 Å². The van der Waals surface area contributed by atoms with Gasteiger partial charge in [-0.25, -0.2) is 0 Å². The van der Waals surface area contributed by atoms with Gasteiger partial charge in [-0.05, 0) is 28.7 Å². The van der Waals surface area contributed by atoms with Gasteiger partial charge in [-0.15, -0.1) is 6.58 Å². The molecule has 0 aliphatic heterocycles. The minimum atomic E-state index is 0.000327. The predicted molar refractivity (Wildman–Crippen MR) is 88.8 cm³/mol. The highest BCUT2D eigenvalue weighted by Crippen LogP contribution is 2.28. The van der Waals surface area contributed by atoms with Crippen LogP contribution in [0.2, 0.25) is 0 Å². The van der Waals surface area contributed by atoms with Crippen LogP contribution in [0.4, 0.5) is 0 Å². The number of carbonyl (C=O) groups is 1. The number of benzene rings is 1. The topological polar surface area (TPSA) is 34.5 Å². The van der Waals surface area contributed by atoms with Crippen LogP contribution in [0, 0.1) is 3.70 Å². The number of fused-ring (bicyclic) bond motifs is 1. The summed E-state index contributed by atoms with van der Waals surface area (Å²) in [5.41, 5.74) is 1.73. The second kappa shape index (κ2) is 6.41. The summed E-state index contributed by atoms with van der Waals surface area (Å²) in [5, 5.41) is 0.954. The van der Waals surface area contributed by atoms with Crippen LogP contribution < -0.4 is 0 Å². The van der Waals surface area contributed by atoms with Crippen molar-refractivity contribution in [3.63, 3.8) is 0 Å². The number of halogens is 1. The molecule has 2 aromatic rings. The zero-order chi connectivity index (χ0) is 14.7. The van der Waals surface area contributed by atoms with Gasteiger partial charge in [-0.3, -0.25) is 4.79 Å². The summed E-state index contributed by atoms with van der Waals surface area (Å²) in [6.45, 7) is 4.63. The number of ether oxygens (including phenoxy) is 1. The maximum atomic E-state index is 12.6. The average molecular weight is 384 g/mol. The first-order valence-corrected chi connectivity index (χ1v) is 7.31. The van der Waals surface area contributed by atoms with E-state index >= 15 is 0 Å². The van der Waals surface area contributed by atoms with E-state index < -0.39 is 0 Å². The smallest absolute Gasteiger partial charge is 0.257 e. The van der Waals surface area contributed by atoms with E-state index in [0.29, 0.717) is 13.3 Å². The van der Waals surface area contributed by atoms with E-state index in [1.165, 1.54) is 0 Å². The third kappa shape index (κ3) is 2.60. The lowest BCUT2D eigenvalue weighted by Gasteiger charge is -2.14. The van der Waals surface area contributed by atoms with Crippen molar-refractivity contribution in [2.24, 2.45) is 0 Å². The molecule has 0 saturated heterocycles. The van der Waals surface area contributed by atoms with Gasteiger partial charge in [0.2, 0.25) is 0 Å². The Kier molecular flexibility index (Phi) is 4.82. The molecule has 2 rings (SSSR count). The van der Waals surface area contributed by atoms with Gasteiger partial charge in [0.25, 0.3) is 5.91 Å². The summed E-state index contributed by atoms with van der Waals surface area (Å²) >= 11 is 2.20. The summed E-state index contributed by atoms with van der Waals surface area (Å²) < 4.78 is 8.13. The summed E-state index contributed by atoms with van der Waals surface area (Å²) in [6, 6.07) is 7.88. The quantitative estimate of drug-likeness (QED) is 0.587. The zero-order valence-corrected chi connectivity index (χ0v) is 13.8. The van der Waals surface area contributed by atoms with Crippen molar-refractivity contribution in [3.05, 3.63) is 46.2 Å². The van der Waals surface area contributed by atoms with Gasteiger partial charge in [0.05, 0.1) is 14.8 Å². The molecular formula is C15H17IN2O2. The van der Waals surface area contributed by atoms with E-state index in [4.69, 9.17) is 4.74 Å². The lowest BCUT2D eigenvalue weighted by atomic mass is 10.1. The molecule has 0 fully saturated rings. The SMILES string of the molecule is C=CCN(C)C(=O)c1c(I)n(COC)c2ccccc12. The number of hydrogen-bond acceptors (Lipinski definition) is 2. The molecule has 20 heavy (non-hydrogen) atoms. The van der Waals surface area contributed by atoms with Crippen molar-refractivity contribution < 1.29 is 9.53 Å².